The van der Waals surface area contributed by atoms with Crippen molar-refractivity contribution in [2.75, 3.05) is 13.1 Å². The van der Waals surface area contributed by atoms with Gasteiger partial charge in [0.05, 0.1) is 6.54 Å². The van der Waals surface area contributed by atoms with Gasteiger partial charge in [0.15, 0.2) is 0 Å². The van der Waals surface area contributed by atoms with Crippen molar-refractivity contribution in [1.29, 1.82) is 0 Å². The van der Waals surface area contributed by atoms with Crippen LogP contribution >= 0.6 is 0 Å². The van der Waals surface area contributed by atoms with Gasteiger partial charge in [0, 0.05) is 18.4 Å². The number of amides is 2. The van der Waals surface area contributed by atoms with Gasteiger partial charge >= 0.3 is 0 Å². The summed E-state index contributed by atoms with van der Waals surface area (Å²) in [5, 5.41) is 16.5. The molecule has 5 heteroatoms. The van der Waals surface area contributed by atoms with Gasteiger partial charge in [-0.3, -0.25) is 9.59 Å². The summed E-state index contributed by atoms with van der Waals surface area (Å²) >= 11 is 0. The van der Waals surface area contributed by atoms with Crippen molar-refractivity contribution in [3.8, 4) is 0 Å². The van der Waals surface area contributed by atoms with E-state index in [1.165, 1.54) is 0 Å². The van der Waals surface area contributed by atoms with Crippen molar-refractivity contribution in [2.45, 2.75) is 52.1 Å². The minimum atomic E-state index is -1.00. The van der Waals surface area contributed by atoms with E-state index < -0.39 is 11.0 Å². The quantitative estimate of drug-likeness (QED) is 0.770. The minimum Gasteiger partial charge on any atom is -0.383 e. The number of carbonyl (C=O) groups excluding carboxylic acids is 2. The number of hydrogen-bond donors (Lipinski definition) is 3. The molecule has 2 rings (SSSR count). The lowest BCUT2D eigenvalue weighted by Gasteiger charge is -2.34. The molecule has 0 radical (unpaired) electrons. The molecule has 1 aromatic rings. The third-order valence-corrected chi connectivity index (χ3v) is 4.45. The molecule has 0 aromatic heterocycles. The van der Waals surface area contributed by atoms with E-state index in [1.54, 1.807) is 0 Å². The first kappa shape index (κ1) is 18.5. The van der Waals surface area contributed by atoms with E-state index in [9.17, 15) is 14.7 Å². The molecule has 0 bridgehead atoms. The monoisotopic (exact) mass is 332 g/mol. The molecule has 0 aliphatic heterocycles. The zero-order chi connectivity index (χ0) is 17.8. The largest absolute Gasteiger partial charge is 0.383 e. The maximum atomic E-state index is 12.0. The molecule has 0 spiro atoms. The smallest absolute Gasteiger partial charge is 0.225 e. The average molecular weight is 332 g/mol. The highest BCUT2D eigenvalue weighted by Gasteiger charge is 2.34. The van der Waals surface area contributed by atoms with Crippen molar-refractivity contribution in [1.82, 2.24) is 10.6 Å². The summed E-state index contributed by atoms with van der Waals surface area (Å²) in [7, 11) is 0. The predicted molar refractivity (Wildman–Crippen MR) is 93.4 cm³/mol. The molecule has 24 heavy (non-hydrogen) atoms. The SMILES string of the molecule is CC(C)(C)C(=O)NCCC(=O)NC[C@@]1(O)CCCc2ccccc21. The molecule has 0 saturated heterocycles. The van der Waals surface area contributed by atoms with Gasteiger partial charge < -0.3 is 15.7 Å². The molecule has 0 fully saturated rings. The molecule has 1 aliphatic rings. The third-order valence-electron chi connectivity index (χ3n) is 4.45. The van der Waals surface area contributed by atoms with E-state index in [-0.39, 0.29) is 24.8 Å². The predicted octanol–water partition coefficient (Wildman–Crippen LogP) is 1.88. The second-order valence-corrected chi connectivity index (χ2v) is 7.57. The van der Waals surface area contributed by atoms with Crippen LogP contribution in [0.1, 0.15) is 51.2 Å². The normalized spacial score (nSPS) is 20.2. The van der Waals surface area contributed by atoms with Gasteiger partial charge in [-0.2, -0.15) is 0 Å². The highest BCUT2D eigenvalue weighted by Crippen LogP contribution is 2.34. The second-order valence-electron chi connectivity index (χ2n) is 7.57. The Hall–Kier alpha value is -1.88. The van der Waals surface area contributed by atoms with Crippen LogP contribution in [0.5, 0.6) is 0 Å². The van der Waals surface area contributed by atoms with Crippen LogP contribution in [-0.4, -0.2) is 30.0 Å². The minimum absolute atomic E-state index is 0.0739. The van der Waals surface area contributed by atoms with Crippen molar-refractivity contribution in [2.24, 2.45) is 5.41 Å². The van der Waals surface area contributed by atoms with Crippen LogP contribution in [0.4, 0.5) is 0 Å². The third kappa shape index (κ3) is 4.57. The number of aliphatic hydroxyl groups is 1. The van der Waals surface area contributed by atoms with E-state index >= 15 is 0 Å². The molecular formula is C19H28N2O3. The molecule has 0 unspecified atom stereocenters. The lowest BCUT2D eigenvalue weighted by molar-refractivity contribution is -0.128. The number of hydrogen-bond acceptors (Lipinski definition) is 3. The summed E-state index contributed by atoms with van der Waals surface area (Å²) in [5.41, 5.74) is 0.604. The fourth-order valence-electron chi connectivity index (χ4n) is 2.97. The summed E-state index contributed by atoms with van der Waals surface area (Å²) in [5.74, 6) is -0.240. The number of rotatable bonds is 5. The number of benzene rings is 1. The first-order chi connectivity index (χ1) is 11.2. The Bertz CT molecular complexity index is 607. The van der Waals surface area contributed by atoms with Crippen molar-refractivity contribution in [3.05, 3.63) is 35.4 Å². The van der Waals surface area contributed by atoms with Crippen LogP contribution < -0.4 is 10.6 Å². The number of aryl methyl sites for hydroxylation is 1. The molecule has 1 atom stereocenters. The molecule has 5 nitrogen and oxygen atoms in total. The van der Waals surface area contributed by atoms with Crippen molar-refractivity contribution >= 4 is 11.8 Å². The van der Waals surface area contributed by atoms with Gasteiger partial charge in [-0.1, -0.05) is 45.0 Å². The standard InChI is InChI=1S/C19H28N2O3/c1-18(2,3)17(23)20-12-10-16(22)21-13-19(24)11-6-8-14-7-4-5-9-15(14)19/h4-5,7,9,24H,6,8,10-13H2,1-3H3,(H,20,23)(H,21,22)/t19-/m0/s1. The van der Waals surface area contributed by atoms with E-state index in [2.05, 4.69) is 10.6 Å². The molecule has 0 saturated carbocycles. The lowest BCUT2D eigenvalue weighted by Crippen LogP contribution is -2.44. The zero-order valence-electron chi connectivity index (χ0n) is 14.8. The van der Waals surface area contributed by atoms with Crippen LogP contribution in [0, 0.1) is 5.41 Å². The lowest BCUT2D eigenvalue weighted by atomic mass is 9.79. The van der Waals surface area contributed by atoms with Crippen LogP contribution in [-0.2, 0) is 21.6 Å². The maximum Gasteiger partial charge on any atom is 0.225 e. The first-order valence-electron chi connectivity index (χ1n) is 8.58. The molecule has 0 heterocycles. The number of nitrogens with one attached hydrogen (secondary N) is 2. The van der Waals surface area contributed by atoms with Crippen LogP contribution in [0.2, 0.25) is 0 Å². The molecule has 1 aliphatic carbocycles. The van der Waals surface area contributed by atoms with Gasteiger partial charge in [0.2, 0.25) is 11.8 Å². The molecule has 3 N–H and O–H groups in total. The van der Waals surface area contributed by atoms with E-state index in [0.717, 1.165) is 24.0 Å². The first-order valence-corrected chi connectivity index (χ1v) is 8.58. The van der Waals surface area contributed by atoms with Crippen LogP contribution in [0.15, 0.2) is 24.3 Å². The Morgan fingerprint density at radius 3 is 2.62 bits per heavy atom. The topological polar surface area (TPSA) is 78.4 Å². The highest BCUT2D eigenvalue weighted by molar-refractivity contribution is 5.82. The van der Waals surface area contributed by atoms with Crippen molar-refractivity contribution in [3.63, 3.8) is 0 Å². The van der Waals surface area contributed by atoms with Gasteiger partial charge in [0.1, 0.15) is 5.60 Å². The summed E-state index contributed by atoms with van der Waals surface area (Å²) in [4.78, 5) is 23.8. The Balaban J connectivity index is 1.83. The van der Waals surface area contributed by atoms with Crippen LogP contribution in [0.3, 0.4) is 0 Å². The Morgan fingerprint density at radius 2 is 1.92 bits per heavy atom. The summed E-state index contributed by atoms with van der Waals surface area (Å²) < 4.78 is 0. The van der Waals surface area contributed by atoms with Gasteiger partial charge in [0.25, 0.3) is 0 Å². The van der Waals surface area contributed by atoms with E-state index in [1.807, 2.05) is 45.0 Å². The molecule has 1 aromatic carbocycles. The molecule has 132 valence electrons. The fourth-order valence-corrected chi connectivity index (χ4v) is 2.97. The zero-order valence-corrected chi connectivity index (χ0v) is 14.8. The summed E-state index contributed by atoms with van der Waals surface area (Å²) in [6.45, 7) is 6.00. The maximum absolute atomic E-state index is 12.0. The van der Waals surface area contributed by atoms with E-state index in [4.69, 9.17) is 0 Å². The summed E-state index contributed by atoms with van der Waals surface area (Å²) in [6, 6.07) is 7.85. The van der Waals surface area contributed by atoms with Gasteiger partial charge in [-0.15, -0.1) is 0 Å². The van der Waals surface area contributed by atoms with Crippen LogP contribution in [0.25, 0.3) is 0 Å². The number of carbonyl (C=O) groups is 2. The van der Waals surface area contributed by atoms with E-state index in [0.29, 0.717) is 13.0 Å². The molecular weight excluding hydrogens is 304 g/mol. The van der Waals surface area contributed by atoms with Gasteiger partial charge in [-0.25, -0.2) is 0 Å². The number of fused-ring (bicyclic) bond motifs is 1. The van der Waals surface area contributed by atoms with Crippen molar-refractivity contribution < 1.29 is 14.7 Å². The Kier molecular flexibility index (Phi) is 5.65. The Morgan fingerprint density at radius 1 is 1.21 bits per heavy atom. The average Bonchev–Trinajstić information content (AvgIpc) is 2.52. The van der Waals surface area contributed by atoms with Gasteiger partial charge in [-0.05, 0) is 30.4 Å². The Labute approximate surface area is 143 Å². The molecule has 2 amide bonds. The fraction of sp³-hybridized carbons (Fsp3) is 0.579. The summed E-state index contributed by atoms with van der Waals surface area (Å²) in [6.07, 6.45) is 2.72. The highest BCUT2D eigenvalue weighted by atomic mass is 16.3. The second kappa shape index (κ2) is 7.34.